The highest BCUT2D eigenvalue weighted by molar-refractivity contribution is 5.78. The lowest BCUT2D eigenvalue weighted by Gasteiger charge is -2.26. The zero-order valence-corrected chi connectivity index (χ0v) is 12.7. The molecule has 2 N–H and O–H groups in total. The maximum Gasteiger partial charge on any atom is 0.323 e. The van der Waals surface area contributed by atoms with E-state index in [0.717, 1.165) is 18.4 Å². The largest absolute Gasteiger partial charge is 0.480 e. The molecule has 1 atom stereocenters. The summed E-state index contributed by atoms with van der Waals surface area (Å²) in [4.78, 5) is 11.5. The molecule has 0 aliphatic carbocycles. The quantitative estimate of drug-likeness (QED) is 0.636. The summed E-state index contributed by atoms with van der Waals surface area (Å²) in [6.45, 7) is 4.57. The van der Waals surface area contributed by atoms with Gasteiger partial charge in [-0.1, -0.05) is 69.4 Å². The lowest BCUT2D eigenvalue weighted by molar-refractivity contribution is -0.144. The topological polar surface area (TPSA) is 49.3 Å². The van der Waals surface area contributed by atoms with E-state index in [-0.39, 0.29) is 0 Å². The Balaban J connectivity index is 2.43. The number of unbranched alkanes of at least 4 members (excludes halogenated alkanes) is 4. The fraction of sp³-hybridized carbons (Fsp3) is 0.588. The van der Waals surface area contributed by atoms with Crippen LogP contribution in [-0.4, -0.2) is 16.6 Å². The monoisotopic (exact) mass is 277 g/mol. The van der Waals surface area contributed by atoms with Crippen LogP contribution in [0.2, 0.25) is 0 Å². The van der Waals surface area contributed by atoms with Crippen molar-refractivity contribution in [3.63, 3.8) is 0 Å². The average molecular weight is 277 g/mol. The Bertz CT molecular complexity index is 391. The molecule has 1 unspecified atom stereocenters. The van der Waals surface area contributed by atoms with Gasteiger partial charge in [0, 0.05) is 6.54 Å². The number of carboxylic acids is 1. The van der Waals surface area contributed by atoms with E-state index in [2.05, 4.69) is 12.2 Å². The summed E-state index contributed by atoms with van der Waals surface area (Å²) >= 11 is 0. The highest BCUT2D eigenvalue weighted by atomic mass is 16.4. The van der Waals surface area contributed by atoms with Crippen LogP contribution in [0.5, 0.6) is 0 Å². The highest BCUT2D eigenvalue weighted by Crippen LogP contribution is 2.17. The van der Waals surface area contributed by atoms with E-state index in [0.29, 0.717) is 13.0 Å². The maximum absolute atomic E-state index is 11.5. The van der Waals surface area contributed by atoms with Crippen LogP contribution in [0.4, 0.5) is 0 Å². The van der Waals surface area contributed by atoms with Crippen molar-refractivity contribution >= 4 is 5.97 Å². The minimum Gasteiger partial charge on any atom is -0.480 e. The van der Waals surface area contributed by atoms with E-state index >= 15 is 0 Å². The van der Waals surface area contributed by atoms with Gasteiger partial charge in [-0.2, -0.15) is 0 Å². The maximum atomic E-state index is 11.5. The molecule has 3 nitrogen and oxygen atoms in total. The summed E-state index contributed by atoms with van der Waals surface area (Å²) in [6, 6.07) is 9.93. The van der Waals surface area contributed by atoms with Gasteiger partial charge in [0.25, 0.3) is 0 Å². The van der Waals surface area contributed by atoms with Gasteiger partial charge in [-0.15, -0.1) is 0 Å². The summed E-state index contributed by atoms with van der Waals surface area (Å²) in [5.41, 5.74) is 0.285. The fourth-order valence-electron chi connectivity index (χ4n) is 2.25. The van der Waals surface area contributed by atoms with Gasteiger partial charge in [0.2, 0.25) is 0 Å². The Labute approximate surface area is 122 Å². The molecular weight excluding hydrogens is 250 g/mol. The molecule has 0 saturated heterocycles. The van der Waals surface area contributed by atoms with Crippen molar-refractivity contribution in [1.82, 2.24) is 5.32 Å². The minimum atomic E-state index is -0.831. The van der Waals surface area contributed by atoms with Crippen LogP contribution >= 0.6 is 0 Å². The predicted octanol–water partition coefficient (Wildman–Crippen LogP) is 3.98. The Hall–Kier alpha value is -1.35. The minimum absolute atomic E-state index is 0.596. The molecule has 0 aliphatic heterocycles. The van der Waals surface area contributed by atoms with Gasteiger partial charge in [0.05, 0.1) is 0 Å². The molecule has 1 aromatic rings. The smallest absolute Gasteiger partial charge is 0.323 e. The Morgan fingerprint density at radius 2 is 1.80 bits per heavy atom. The summed E-state index contributed by atoms with van der Waals surface area (Å²) in [5.74, 6) is -0.760. The summed E-state index contributed by atoms with van der Waals surface area (Å²) < 4.78 is 0. The highest BCUT2D eigenvalue weighted by Gasteiger charge is 2.31. The number of aliphatic carboxylic acids is 1. The van der Waals surface area contributed by atoms with Crippen molar-refractivity contribution in [1.29, 1.82) is 0 Å². The molecule has 0 bridgehead atoms. The molecule has 0 saturated carbocycles. The summed E-state index contributed by atoms with van der Waals surface area (Å²) in [5, 5.41) is 12.7. The number of rotatable bonds is 10. The van der Waals surface area contributed by atoms with Gasteiger partial charge in [-0.25, -0.2) is 0 Å². The van der Waals surface area contributed by atoms with E-state index in [1.807, 2.05) is 30.3 Å². The first-order valence-electron chi connectivity index (χ1n) is 7.61. The van der Waals surface area contributed by atoms with Gasteiger partial charge in [-0.3, -0.25) is 10.1 Å². The number of hydrogen-bond donors (Lipinski definition) is 2. The number of nitrogens with one attached hydrogen (secondary N) is 1. The first-order chi connectivity index (χ1) is 9.58. The summed E-state index contributed by atoms with van der Waals surface area (Å²) in [7, 11) is 0. The van der Waals surface area contributed by atoms with Crippen molar-refractivity contribution in [3.05, 3.63) is 35.9 Å². The van der Waals surface area contributed by atoms with Crippen LogP contribution in [0.3, 0.4) is 0 Å². The van der Waals surface area contributed by atoms with Crippen LogP contribution in [0.25, 0.3) is 0 Å². The normalized spacial score (nSPS) is 13.9. The Morgan fingerprint density at radius 3 is 2.40 bits per heavy atom. The molecule has 20 heavy (non-hydrogen) atoms. The molecule has 0 radical (unpaired) electrons. The van der Waals surface area contributed by atoms with Crippen molar-refractivity contribution in [2.24, 2.45) is 0 Å². The molecule has 0 spiro atoms. The Kier molecular flexibility index (Phi) is 7.31. The van der Waals surface area contributed by atoms with Crippen LogP contribution in [0.1, 0.15) is 57.9 Å². The van der Waals surface area contributed by atoms with Gasteiger partial charge < -0.3 is 5.11 Å². The molecule has 0 heterocycles. The van der Waals surface area contributed by atoms with Gasteiger partial charge >= 0.3 is 5.97 Å². The zero-order chi connectivity index (χ0) is 14.8. The predicted molar refractivity (Wildman–Crippen MR) is 82.7 cm³/mol. The van der Waals surface area contributed by atoms with Crippen LogP contribution in [0, 0.1) is 0 Å². The lowest BCUT2D eigenvalue weighted by Crippen LogP contribution is -2.49. The molecular formula is C17H27NO2. The standard InChI is InChI=1S/C17H27NO2/c1-3-4-5-6-10-13-17(2,16(19)20)18-14-15-11-8-7-9-12-15/h7-9,11-12,18H,3-6,10,13-14H2,1-2H3,(H,19,20). The SMILES string of the molecule is CCCCCCCC(C)(NCc1ccccc1)C(=O)O. The Morgan fingerprint density at radius 1 is 1.15 bits per heavy atom. The molecule has 0 fully saturated rings. The van der Waals surface area contributed by atoms with Crippen LogP contribution < -0.4 is 5.32 Å². The second-order valence-electron chi connectivity index (χ2n) is 5.64. The van der Waals surface area contributed by atoms with E-state index in [4.69, 9.17) is 0 Å². The summed E-state index contributed by atoms with van der Waals surface area (Å²) in [6.07, 6.45) is 6.40. The lowest BCUT2D eigenvalue weighted by atomic mass is 9.93. The third-order valence-electron chi connectivity index (χ3n) is 3.78. The molecule has 112 valence electrons. The molecule has 1 rings (SSSR count). The van der Waals surface area contributed by atoms with Crippen molar-refractivity contribution in [3.8, 4) is 0 Å². The van der Waals surface area contributed by atoms with E-state index in [9.17, 15) is 9.90 Å². The molecule has 0 amide bonds. The number of hydrogen-bond acceptors (Lipinski definition) is 2. The first-order valence-corrected chi connectivity index (χ1v) is 7.61. The van der Waals surface area contributed by atoms with E-state index in [1.165, 1.54) is 19.3 Å². The van der Waals surface area contributed by atoms with Crippen LogP contribution in [0.15, 0.2) is 30.3 Å². The fourth-order valence-corrected chi connectivity index (χ4v) is 2.25. The van der Waals surface area contributed by atoms with E-state index in [1.54, 1.807) is 6.92 Å². The second-order valence-corrected chi connectivity index (χ2v) is 5.64. The van der Waals surface area contributed by atoms with Crippen molar-refractivity contribution in [2.45, 2.75) is 64.5 Å². The molecule has 3 heteroatoms. The average Bonchev–Trinajstić information content (AvgIpc) is 2.46. The zero-order valence-electron chi connectivity index (χ0n) is 12.7. The van der Waals surface area contributed by atoms with Gasteiger partial charge in [0.15, 0.2) is 0 Å². The molecule has 0 aromatic heterocycles. The number of benzene rings is 1. The molecule has 0 aliphatic rings. The second kappa shape index (κ2) is 8.75. The van der Waals surface area contributed by atoms with Crippen molar-refractivity contribution < 1.29 is 9.90 Å². The number of carbonyl (C=O) groups is 1. The third-order valence-corrected chi connectivity index (χ3v) is 3.78. The third kappa shape index (κ3) is 5.74. The molecule has 1 aromatic carbocycles. The van der Waals surface area contributed by atoms with Gasteiger partial charge in [0.1, 0.15) is 5.54 Å². The first kappa shape index (κ1) is 16.7. The van der Waals surface area contributed by atoms with Crippen LogP contribution in [-0.2, 0) is 11.3 Å². The number of carboxylic acid groups (broad SMARTS) is 1. The van der Waals surface area contributed by atoms with E-state index < -0.39 is 11.5 Å². The van der Waals surface area contributed by atoms with Gasteiger partial charge in [-0.05, 0) is 18.9 Å². The van der Waals surface area contributed by atoms with Crippen molar-refractivity contribution in [2.75, 3.05) is 0 Å².